The summed E-state index contributed by atoms with van der Waals surface area (Å²) >= 11 is 0. The van der Waals surface area contributed by atoms with Crippen molar-refractivity contribution in [1.29, 1.82) is 5.26 Å². The van der Waals surface area contributed by atoms with Crippen molar-refractivity contribution in [3.05, 3.63) is 48.2 Å². The number of aliphatic hydroxyl groups is 1. The predicted molar refractivity (Wildman–Crippen MR) is 139 cm³/mol. The van der Waals surface area contributed by atoms with Crippen LogP contribution in [0, 0.1) is 23.2 Å². The molecule has 0 spiro atoms. The van der Waals surface area contributed by atoms with E-state index in [1.807, 2.05) is 12.1 Å². The van der Waals surface area contributed by atoms with Gasteiger partial charge in [-0.25, -0.2) is 18.4 Å². The van der Waals surface area contributed by atoms with Crippen molar-refractivity contribution in [2.45, 2.75) is 51.0 Å². The predicted octanol–water partition coefficient (Wildman–Crippen LogP) is 3.06. The molecular weight excluding hydrogens is 524 g/mol. The number of nitrogens with two attached hydrogens (primary N) is 1. The van der Waals surface area contributed by atoms with Gasteiger partial charge in [-0.1, -0.05) is 5.21 Å². The van der Waals surface area contributed by atoms with E-state index in [1.165, 1.54) is 26.2 Å². The van der Waals surface area contributed by atoms with Crippen LogP contribution in [0.2, 0.25) is 0 Å². The van der Waals surface area contributed by atoms with Gasteiger partial charge in [0.2, 0.25) is 5.95 Å². The summed E-state index contributed by atoms with van der Waals surface area (Å²) in [5, 5.41) is 34.5. The summed E-state index contributed by atoms with van der Waals surface area (Å²) in [7, 11) is 0. The number of nitrogens with zero attached hydrogens (tertiary/aromatic N) is 7. The van der Waals surface area contributed by atoms with Crippen molar-refractivity contribution >= 4 is 17.3 Å². The molecule has 1 fully saturated rings. The number of primary amides is 1. The smallest absolute Gasteiger partial charge is 0.404 e. The SMILES string of the molecule is CC(C)(O)C(F)Cn1nnc(-c2cnc(-c3ccc4cc(C#N)cnn34)cc2NC2CC(COC(N)=O)C2)c1F. The second kappa shape index (κ2) is 10.5. The van der Waals surface area contributed by atoms with E-state index >= 15 is 4.39 Å². The molecule has 0 aliphatic heterocycles. The van der Waals surface area contributed by atoms with Crippen LogP contribution in [0.25, 0.3) is 28.2 Å². The summed E-state index contributed by atoms with van der Waals surface area (Å²) in [6.07, 6.45) is 1.66. The molecule has 0 bridgehead atoms. The standard InChI is InChI=1S/C26H27F2N9O3/c1-26(2,39)22(27)12-36-24(28)23(34-35-36)18-11-31-20(21-4-3-17-7-15(9-29)10-32-37(17)21)8-19(18)33-16-5-14(6-16)13-40-25(30)38/h3-4,7-8,10-11,14,16,22,39H,5-6,12-13H2,1-2H3,(H2,30,38)(H,31,33). The minimum atomic E-state index is -1.78. The minimum absolute atomic E-state index is 0.0145. The van der Waals surface area contributed by atoms with E-state index in [1.54, 1.807) is 16.6 Å². The highest BCUT2D eigenvalue weighted by Crippen LogP contribution is 2.36. The van der Waals surface area contributed by atoms with E-state index in [-0.39, 0.29) is 24.3 Å². The molecule has 0 radical (unpaired) electrons. The Kier molecular flexibility index (Phi) is 7.07. The van der Waals surface area contributed by atoms with Crippen molar-refractivity contribution in [2.75, 3.05) is 11.9 Å². The number of nitrogens with one attached hydrogen (secondary N) is 1. The van der Waals surface area contributed by atoms with Crippen molar-refractivity contribution in [1.82, 2.24) is 29.6 Å². The molecule has 1 aliphatic rings. The minimum Gasteiger partial charge on any atom is -0.449 e. The lowest BCUT2D eigenvalue weighted by atomic mass is 9.80. The number of carbonyl (C=O) groups is 1. The van der Waals surface area contributed by atoms with Gasteiger partial charge in [-0.2, -0.15) is 14.8 Å². The first-order valence-corrected chi connectivity index (χ1v) is 12.6. The molecule has 1 amide bonds. The lowest BCUT2D eigenvalue weighted by Gasteiger charge is -2.36. The molecule has 12 nitrogen and oxygen atoms in total. The van der Waals surface area contributed by atoms with E-state index in [0.717, 1.165) is 4.68 Å². The van der Waals surface area contributed by atoms with Gasteiger partial charge in [-0.3, -0.25) is 4.98 Å². The fourth-order valence-corrected chi connectivity index (χ4v) is 4.53. The summed E-state index contributed by atoms with van der Waals surface area (Å²) < 4.78 is 37.1. The number of hydrogen-bond acceptors (Lipinski definition) is 9. The van der Waals surface area contributed by atoms with Crippen molar-refractivity contribution in [3.8, 4) is 28.7 Å². The van der Waals surface area contributed by atoms with Gasteiger partial charge in [0.25, 0.3) is 0 Å². The Morgan fingerprint density at radius 2 is 2.12 bits per heavy atom. The number of rotatable bonds is 9. The maximum atomic E-state index is 15.4. The Balaban J connectivity index is 1.48. The Morgan fingerprint density at radius 1 is 1.35 bits per heavy atom. The molecule has 14 heteroatoms. The zero-order valence-electron chi connectivity index (χ0n) is 21.8. The van der Waals surface area contributed by atoms with E-state index in [4.69, 9.17) is 10.5 Å². The van der Waals surface area contributed by atoms with Crippen molar-refractivity contribution in [3.63, 3.8) is 0 Å². The number of anilines is 1. The molecule has 4 aromatic rings. The van der Waals surface area contributed by atoms with Gasteiger partial charge in [-0.15, -0.1) is 5.10 Å². The van der Waals surface area contributed by atoms with Crippen LogP contribution in [0.3, 0.4) is 0 Å². The molecule has 0 aromatic carbocycles. The molecule has 4 aromatic heterocycles. The summed E-state index contributed by atoms with van der Waals surface area (Å²) in [4.78, 5) is 15.4. The molecule has 208 valence electrons. The third-order valence-electron chi connectivity index (χ3n) is 6.88. The van der Waals surface area contributed by atoms with Crippen LogP contribution in [0.15, 0.2) is 36.7 Å². The molecule has 1 saturated carbocycles. The van der Waals surface area contributed by atoms with Gasteiger partial charge in [0.1, 0.15) is 12.2 Å². The molecule has 40 heavy (non-hydrogen) atoms. The zero-order valence-corrected chi connectivity index (χ0v) is 21.8. The molecule has 1 unspecified atom stereocenters. The van der Waals surface area contributed by atoms with Gasteiger partial charge in [0.15, 0.2) is 5.69 Å². The van der Waals surface area contributed by atoms with Gasteiger partial charge >= 0.3 is 6.09 Å². The Hall–Kier alpha value is -4.64. The number of carbonyl (C=O) groups excluding carboxylic acids is 1. The number of aromatic nitrogens is 6. The number of halogens is 2. The average Bonchev–Trinajstić information content (AvgIpc) is 3.47. The van der Waals surface area contributed by atoms with Crippen molar-refractivity contribution in [2.24, 2.45) is 11.7 Å². The van der Waals surface area contributed by atoms with Crippen LogP contribution in [0.1, 0.15) is 32.3 Å². The van der Waals surface area contributed by atoms with E-state index < -0.39 is 30.4 Å². The Labute approximate surface area is 227 Å². The summed E-state index contributed by atoms with van der Waals surface area (Å²) in [6, 6.07) is 9.10. The lowest BCUT2D eigenvalue weighted by molar-refractivity contribution is -0.0133. The number of amides is 1. The molecule has 4 N–H and O–H groups in total. The van der Waals surface area contributed by atoms with E-state index in [0.29, 0.717) is 46.6 Å². The largest absolute Gasteiger partial charge is 0.449 e. The first-order chi connectivity index (χ1) is 19.0. The van der Waals surface area contributed by atoms with Crippen LogP contribution < -0.4 is 11.1 Å². The molecule has 1 aliphatic carbocycles. The molecule has 5 rings (SSSR count). The fraction of sp³-hybridized carbons (Fsp3) is 0.385. The third-order valence-corrected chi connectivity index (χ3v) is 6.88. The van der Waals surface area contributed by atoms with Crippen LogP contribution in [0.4, 0.5) is 19.3 Å². The van der Waals surface area contributed by atoms with Gasteiger partial charge in [0.05, 0.1) is 47.4 Å². The maximum absolute atomic E-state index is 15.4. The van der Waals surface area contributed by atoms with Crippen LogP contribution in [-0.4, -0.2) is 65.2 Å². The van der Waals surface area contributed by atoms with Crippen LogP contribution >= 0.6 is 0 Å². The van der Waals surface area contributed by atoms with E-state index in [9.17, 15) is 19.6 Å². The quantitative estimate of drug-likeness (QED) is 0.283. The van der Waals surface area contributed by atoms with Gasteiger partial charge in [-0.05, 0) is 56.9 Å². The highest BCUT2D eigenvalue weighted by molar-refractivity contribution is 5.79. The van der Waals surface area contributed by atoms with Crippen molar-refractivity contribution < 1.29 is 23.4 Å². The number of nitriles is 1. The molecular formula is C26H27F2N9O3. The topological polar surface area (TPSA) is 169 Å². The monoisotopic (exact) mass is 551 g/mol. The second-order valence-corrected chi connectivity index (χ2v) is 10.4. The third kappa shape index (κ3) is 5.41. The lowest BCUT2D eigenvalue weighted by Crippen LogP contribution is -2.38. The molecule has 0 saturated heterocycles. The first kappa shape index (κ1) is 26.9. The summed E-state index contributed by atoms with van der Waals surface area (Å²) in [5.41, 5.74) is 6.35. The second-order valence-electron chi connectivity index (χ2n) is 10.4. The van der Waals surface area contributed by atoms with Crippen LogP contribution in [0.5, 0.6) is 0 Å². The number of alkyl halides is 1. The molecule has 1 atom stereocenters. The Bertz CT molecular complexity index is 1600. The molecule has 4 heterocycles. The summed E-state index contributed by atoms with van der Waals surface area (Å²) in [6.45, 7) is 2.27. The van der Waals surface area contributed by atoms with Gasteiger partial charge < -0.3 is 20.9 Å². The van der Waals surface area contributed by atoms with Crippen LogP contribution in [-0.2, 0) is 11.3 Å². The normalized spacial score (nSPS) is 17.7. The highest BCUT2D eigenvalue weighted by atomic mass is 19.1. The number of ether oxygens (including phenoxy) is 1. The first-order valence-electron chi connectivity index (χ1n) is 12.6. The summed E-state index contributed by atoms with van der Waals surface area (Å²) in [5.74, 6) is -0.742. The zero-order chi connectivity index (χ0) is 28.6. The number of hydrogen-bond donors (Lipinski definition) is 3. The fourth-order valence-electron chi connectivity index (χ4n) is 4.53. The highest BCUT2D eigenvalue weighted by Gasteiger charge is 2.32. The maximum Gasteiger partial charge on any atom is 0.404 e. The van der Waals surface area contributed by atoms with Gasteiger partial charge in [0, 0.05) is 23.5 Å². The number of fused-ring (bicyclic) bond motifs is 1. The number of pyridine rings is 1. The van der Waals surface area contributed by atoms with E-state index in [2.05, 4.69) is 31.8 Å². The average molecular weight is 552 g/mol. The Morgan fingerprint density at radius 3 is 2.83 bits per heavy atom.